The Kier molecular flexibility index (Phi) is 7.46. The lowest BCUT2D eigenvalue weighted by Gasteiger charge is -2.18. The molecule has 5 atom stereocenters. The summed E-state index contributed by atoms with van der Waals surface area (Å²) in [5.74, 6) is 0.331. The number of unbranched alkanes of at least 4 members (excludes halogenated alkanes) is 1. The molecule has 4 heteroatoms. The predicted octanol–water partition coefficient (Wildman–Crippen LogP) is 4.12. The number of benzene rings is 1. The molecular formula is C24H32O4. The predicted molar refractivity (Wildman–Crippen MR) is 110 cm³/mol. The van der Waals surface area contributed by atoms with Crippen LogP contribution in [0.1, 0.15) is 50.5 Å². The van der Waals surface area contributed by atoms with E-state index in [1.54, 1.807) is 0 Å². The van der Waals surface area contributed by atoms with Gasteiger partial charge in [0.2, 0.25) is 0 Å². The first-order chi connectivity index (χ1) is 13.5. The van der Waals surface area contributed by atoms with Crippen molar-refractivity contribution in [2.75, 3.05) is 0 Å². The fourth-order valence-corrected chi connectivity index (χ4v) is 4.81. The van der Waals surface area contributed by atoms with Crippen LogP contribution in [0, 0.1) is 17.8 Å². The highest BCUT2D eigenvalue weighted by atomic mass is 16.4. The van der Waals surface area contributed by atoms with Gasteiger partial charge in [-0.05, 0) is 62.3 Å². The summed E-state index contributed by atoms with van der Waals surface area (Å²) in [4.78, 5) is 10.6. The van der Waals surface area contributed by atoms with Crippen molar-refractivity contribution >= 4 is 5.97 Å². The van der Waals surface area contributed by atoms with Crippen LogP contribution in [0.2, 0.25) is 0 Å². The van der Waals surface area contributed by atoms with E-state index in [0.29, 0.717) is 24.7 Å². The molecule has 4 nitrogen and oxygen atoms in total. The van der Waals surface area contributed by atoms with E-state index in [-0.39, 0.29) is 18.4 Å². The molecule has 2 aliphatic carbocycles. The monoisotopic (exact) mass is 384 g/mol. The van der Waals surface area contributed by atoms with Gasteiger partial charge in [0.15, 0.2) is 0 Å². The fourth-order valence-electron chi connectivity index (χ4n) is 4.81. The summed E-state index contributed by atoms with van der Waals surface area (Å²) in [6, 6.07) is 10.2. The molecule has 0 radical (unpaired) electrons. The standard InChI is InChI=1S/C24H32O4/c25-20(11-10-17-6-2-1-3-7-17)12-13-21-22-15-18(8-4-5-9-24(27)28)14-19(22)16-23(21)26/h1-3,6-8,12-13,19-23,25-26H,4-5,9-11,14-16H2,(H,27,28)/t19-,20-,21+,22-,23+/m0/s1. The Labute approximate surface area is 167 Å². The van der Waals surface area contributed by atoms with Crippen molar-refractivity contribution in [2.45, 2.75) is 63.6 Å². The summed E-state index contributed by atoms with van der Waals surface area (Å²) in [5.41, 5.74) is 2.64. The maximum Gasteiger partial charge on any atom is 0.303 e. The average Bonchev–Trinajstić information content (AvgIpc) is 3.19. The molecule has 0 heterocycles. The quantitative estimate of drug-likeness (QED) is 0.442. The molecule has 2 fully saturated rings. The van der Waals surface area contributed by atoms with E-state index in [2.05, 4.69) is 18.2 Å². The summed E-state index contributed by atoms with van der Waals surface area (Å²) in [6.07, 6.45) is 11.4. The van der Waals surface area contributed by atoms with Crippen molar-refractivity contribution in [1.82, 2.24) is 0 Å². The second-order valence-electron chi connectivity index (χ2n) is 8.34. The molecule has 0 unspecified atom stereocenters. The van der Waals surface area contributed by atoms with Crippen LogP contribution >= 0.6 is 0 Å². The number of hydrogen-bond donors (Lipinski definition) is 3. The van der Waals surface area contributed by atoms with E-state index in [0.717, 1.165) is 32.1 Å². The van der Waals surface area contributed by atoms with Crippen molar-refractivity contribution in [1.29, 1.82) is 0 Å². The maximum absolute atomic E-state index is 10.6. The maximum atomic E-state index is 10.6. The molecule has 152 valence electrons. The zero-order chi connectivity index (χ0) is 19.9. The third kappa shape index (κ3) is 5.79. The minimum Gasteiger partial charge on any atom is -0.481 e. The van der Waals surface area contributed by atoms with Crippen molar-refractivity contribution in [3.63, 3.8) is 0 Å². The Morgan fingerprint density at radius 1 is 1.21 bits per heavy atom. The van der Waals surface area contributed by atoms with Crippen LogP contribution in [0.15, 0.2) is 54.1 Å². The van der Waals surface area contributed by atoms with Crippen LogP contribution in [0.25, 0.3) is 0 Å². The number of aliphatic hydroxyl groups is 2. The summed E-state index contributed by atoms with van der Waals surface area (Å²) >= 11 is 0. The Balaban J connectivity index is 1.49. The third-order valence-corrected chi connectivity index (χ3v) is 6.27. The molecule has 0 spiro atoms. The van der Waals surface area contributed by atoms with Gasteiger partial charge in [-0.25, -0.2) is 0 Å². The molecular weight excluding hydrogens is 352 g/mol. The normalized spacial score (nSPS) is 29.4. The first-order valence-electron chi connectivity index (χ1n) is 10.5. The van der Waals surface area contributed by atoms with E-state index in [9.17, 15) is 15.0 Å². The first-order valence-corrected chi connectivity index (χ1v) is 10.5. The molecule has 3 N–H and O–H groups in total. The number of allylic oxidation sites excluding steroid dienone is 2. The Hall–Kier alpha value is -1.91. The molecule has 3 rings (SSSR count). The largest absolute Gasteiger partial charge is 0.481 e. The lowest BCUT2D eigenvalue weighted by molar-refractivity contribution is -0.137. The van der Waals surface area contributed by atoms with E-state index in [4.69, 9.17) is 5.11 Å². The van der Waals surface area contributed by atoms with Gasteiger partial charge >= 0.3 is 5.97 Å². The second kappa shape index (κ2) is 10.0. The number of aryl methyl sites for hydroxylation is 1. The van der Waals surface area contributed by atoms with Crippen LogP contribution in [0.4, 0.5) is 0 Å². The first kappa shape index (κ1) is 20.8. The molecule has 0 saturated heterocycles. The number of aliphatic carboxylic acids is 1. The Bertz CT molecular complexity index is 694. The van der Waals surface area contributed by atoms with Crippen LogP contribution < -0.4 is 0 Å². The lowest BCUT2D eigenvalue weighted by Crippen LogP contribution is -2.17. The van der Waals surface area contributed by atoms with Crippen molar-refractivity contribution in [2.24, 2.45) is 17.8 Å². The molecule has 2 aliphatic rings. The van der Waals surface area contributed by atoms with Crippen molar-refractivity contribution < 1.29 is 20.1 Å². The molecule has 1 aromatic carbocycles. The van der Waals surface area contributed by atoms with Gasteiger partial charge in [0.1, 0.15) is 0 Å². The lowest BCUT2D eigenvalue weighted by atomic mass is 9.90. The van der Waals surface area contributed by atoms with Gasteiger partial charge in [0.25, 0.3) is 0 Å². The van der Waals surface area contributed by atoms with Crippen molar-refractivity contribution in [3.8, 4) is 0 Å². The highest BCUT2D eigenvalue weighted by molar-refractivity contribution is 5.66. The SMILES string of the molecule is O=C(O)CCCC=C1C[C@H]2C[C@@H](O)[C@H](C=C[C@@H](O)CCc3ccccc3)[C@H]2C1. The number of hydrogen-bond acceptors (Lipinski definition) is 3. The van der Waals surface area contributed by atoms with E-state index >= 15 is 0 Å². The highest BCUT2D eigenvalue weighted by Gasteiger charge is 2.44. The highest BCUT2D eigenvalue weighted by Crippen LogP contribution is 2.50. The van der Waals surface area contributed by atoms with Gasteiger partial charge in [0, 0.05) is 12.3 Å². The van der Waals surface area contributed by atoms with Gasteiger partial charge in [-0.2, -0.15) is 0 Å². The summed E-state index contributed by atoms with van der Waals surface area (Å²) in [7, 11) is 0. The van der Waals surface area contributed by atoms with Gasteiger partial charge in [0.05, 0.1) is 12.2 Å². The summed E-state index contributed by atoms with van der Waals surface area (Å²) in [5, 5.41) is 29.5. The van der Waals surface area contributed by atoms with Crippen LogP contribution in [-0.2, 0) is 11.2 Å². The Morgan fingerprint density at radius 2 is 2.00 bits per heavy atom. The number of carboxylic acids is 1. The van der Waals surface area contributed by atoms with Crippen LogP contribution in [-0.4, -0.2) is 33.5 Å². The number of carboxylic acid groups (broad SMARTS) is 1. The Morgan fingerprint density at radius 3 is 2.75 bits per heavy atom. The molecule has 2 saturated carbocycles. The average molecular weight is 385 g/mol. The molecule has 28 heavy (non-hydrogen) atoms. The van der Waals surface area contributed by atoms with Gasteiger partial charge < -0.3 is 15.3 Å². The number of fused-ring (bicyclic) bond motifs is 1. The van der Waals surface area contributed by atoms with E-state index in [1.807, 2.05) is 30.4 Å². The van der Waals surface area contributed by atoms with Crippen molar-refractivity contribution in [3.05, 3.63) is 59.7 Å². The zero-order valence-corrected chi connectivity index (χ0v) is 16.4. The summed E-state index contributed by atoms with van der Waals surface area (Å²) < 4.78 is 0. The van der Waals surface area contributed by atoms with E-state index < -0.39 is 12.1 Å². The van der Waals surface area contributed by atoms with Gasteiger partial charge in [-0.3, -0.25) is 4.79 Å². The minimum atomic E-state index is -0.735. The molecule has 0 aromatic heterocycles. The number of carbonyl (C=O) groups is 1. The number of rotatable bonds is 9. The zero-order valence-electron chi connectivity index (χ0n) is 16.4. The molecule has 0 amide bonds. The smallest absolute Gasteiger partial charge is 0.303 e. The molecule has 0 aliphatic heterocycles. The molecule has 1 aromatic rings. The minimum absolute atomic E-state index is 0.112. The van der Waals surface area contributed by atoms with Crippen LogP contribution in [0.3, 0.4) is 0 Å². The van der Waals surface area contributed by atoms with E-state index in [1.165, 1.54) is 11.1 Å². The van der Waals surface area contributed by atoms with Gasteiger partial charge in [-0.15, -0.1) is 0 Å². The topological polar surface area (TPSA) is 77.8 Å². The fraction of sp³-hybridized carbons (Fsp3) is 0.542. The van der Waals surface area contributed by atoms with Crippen LogP contribution in [0.5, 0.6) is 0 Å². The second-order valence-corrected chi connectivity index (χ2v) is 8.34. The van der Waals surface area contributed by atoms with Gasteiger partial charge in [-0.1, -0.05) is 54.1 Å². The third-order valence-electron chi connectivity index (χ3n) is 6.27. The molecule has 0 bridgehead atoms. The number of aliphatic hydroxyl groups excluding tert-OH is 2. The summed E-state index contributed by atoms with van der Waals surface area (Å²) in [6.45, 7) is 0.